The first-order chi connectivity index (χ1) is 9.08. The van der Waals surface area contributed by atoms with Crippen LogP contribution in [0.1, 0.15) is 36.2 Å². The zero-order chi connectivity index (χ0) is 13.8. The summed E-state index contributed by atoms with van der Waals surface area (Å²) < 4.78 is 3.73. The van der Waals surface area contributed by atoms with Crippen molar-refractivity contribution < 1.29 is 9.59 Å². The molecule has 0 radical (unpaired) electrons. The summed E-state index contributed by atoms with van der Waals surface area (Å²) >= 11 is 1.00. The summed E-state index contributed by atoms with van der Waals surface area (Å²) in [6.07, 6.45) is 4.29. The first-order valence-electron chi connectivity index (χ1n) is 6.19. The van der Waals surface area contributed by atoms with Gasteiger partial charge >= 0.3 is 6.03 Å². The summed E-state index contributed by atoms with van der Waals surface area (Å²) in [7, 11) is 3.25. The molecule has 1 saturated carbocycles. The van der Waals surface area contributed by atoms with Gasteiger partial charge in [-0.3, -0.25) is 10.1 Å². The third kappa shape index (κ3) is 3.40. The van der Waals surface area contributed by atoms with E-state index in [2.05, 4.69) is 20.2 Å². The summed E-state index contributed by atoms with van der Waals surface area (Å²) in [6, 6.07) is -0.0902. The maximum absolute atomic E-state index is 12.1. The molecule has 0 atom stereocenters. The number of aromatic nitrogens is 2. The van der Waals surface area contributed by atoms with Gasteiger partial charge in [0.15, 0.2) is 10.7 Å². The van der Waals surface area contributed by atoms with Crippen LogP contribution in [0.15, 0.2) is 0 Å². The first kappa shape index (κ1) is 13.7. The molecule has 2 rings (SSSR count). The highest BCUT2D eigenvalue weighted by Gasteiger charge is 2.23. The Morgan fingerprint density at radius 2 is 2.00 bits per heavy atom. The SMILES string of the molecule is CN(C)C(=O)Nc1snnc1C(=O)NC1CCCC1. The lowest BCUT2D eigenvalue weighted by Crippen LogP contribution is -2.34. The van der Waals surface area contributed by atoms with Crippen molar-refractivity contribution in [3.63, 3.8) is 0 Å². The number of nitrogens with one attached hydrogen (secondary N) is 2. The molecule has 0 unspecified atom stereocenters. The second-order valence-corrected chi connectivity index (χ2v) is 5.48. The first-order valence-corrected chi connectivity index (χ1v) is 6.97. The summed E-state index contributed by atoms with van der Waals surface area (Å²) in [5.41, 5.74) is 0.187. The third-order valence-corrected chi connectivity index (χ3v) is 3.66. The molecule has 0 saturated heterocycles. The molecule has 2 N–H and O–H groups in total. The van der Waals surface area contributed by atoms with Crippen molar-refractivity contribution in [3.05, 3.63) is 5.69 Å². The van der Waals surface area contributed by atoms with Gasteiger partial charge in [-0.2, -0.15) is 0 Å². The Morgan fingerprint density at radius 3 is 2.63 bits per heavy atom. The van der Waals surface area contributed by atoms with E-state index in [0.29, 0.717) is 5.00 Å². The Balaban J connectivity index is 2.01. The van der Waals surface area contributed by atoms with E-state index < -0.39 is 0 Å². The maximum atomic E-state index is 12.1. The van der Waals surface area contributed by atoms with Crippen LogP contribution in [-0.4, -0.2) is 46.6 Å². The molecule has 0 spiro atoms. The Hall–Kier alpha value is -1.70. The van der Waals surface area contributed by atoms with Gasteiger partial charge in [0.05, 0.1) is 0 Å². The van der Waals surface area contributed by atoms with Crippen LogP contribution >= 0.6 is 11.5 Å². The minimum atomic E-state index is -0.305. The molecule has 7 nitrogen and oxygen atoms in total. The lowest BCUT2D eigenvalue weighted by molar-refractivity contribution is 0.0933. The van der Waals surface area contributed by atoms with E-state index >= 15 is 0 Å². The molecule has 8 heteroatoms. The second kappa shape index (κ2) is 5.96. The molecule has 104 valence electrons. The van der Waals surface area contributed by atoms with E-state index in [9.17, 15) is 9.59 Å². The Bertz CT molecular complexity index is 467. The number of amides is 3. The van der Waals surface area contributed by atoms with Crippen molar-refractivity contribution in [3.8, 4) is 0 Å². The van der Waals surface area contributed by atoms with Gasteiger partial charge in [0, 0.05) is 31.7 Å². The quantitative estimate of drug-likeness (QED) is 0.875. The minimum absolute atomic E-state index is 0.187. The van der Waals surface area contributed by atoms with E-state index in [1.54, 1.807) is 14.1 Å². The normalized spacial score (nSPS) is 15.3. The van der Waals surface area contributed by atoms with Crippen molar-refractivity contribution in [2.24, 2.45) is 0 Å². The smallest absolute Gasteiger partial charge is 0.322 e. The average Bonchev–Trinajstić information content (AvgIpc) is 2.99. The van der Waals surface area contributed by atoms with Crippen LogP contribution in [0.25, 0.3) is 0 Å². The average molecular weight is 283 g/mol. The fraction of sp³-hybridized carbons (Fsp3) is 0.636. The Kier molecular flexibility index (Phi) is 4.31. The second-order valence-electron chi connectivity index (χ2n) is 4.73. The van der Waals surface area contributed by atoms with Gasteiger partial charge in [0.2, 0.25) is 0 Å². The van der Waals surface area contributed by atoms with Crippen molar-refractivity contribution in [1.82, 2.24) is 19.8 Å². The fourth-order valence-corrected chi connectivity index (χ4v) is 2.51. The van der Waals surface area contributed by atoms with Crippen LogP contribution in [0.5, 0.6) is 0 Å². The summed E-state index contributed by atoms with van der Waals surface area (Å²) in [6.45, 7) is 0. The highest BCUT2D eigenvalue weighted by molar-refractivity contribution is 7.10. The van der Waals surface area contributed by atoms with Crippen LogP contribution in [-0.2, 0) is 0 Å². The largest absolute Gasteiger partial charge is 0.348 e. The maximum Gasteiger partial charge on any atom is 0.322 e. The number of hydrogen-bond donors (Lipinski definition) is 2. The number of rotatable bonds is 3. The molecule has 0 aliphatic heterocycles. The fourth-order valence-electron chi connectivity index (χ4n) is 1.95. The molecular formula is C11H17N5O2S. The predicted octanol–water partition coefficient (Wildman–Crippen LogP) is 1.30. The van der Waals surface area contributed by atoms with Crippen LogP contribution in [0, 0.1) is 0 Å². The molecule has 1 fully saturated rings. The lowest BCUT2D eigenvalue weighted by Gasteiger charge is -2.12. The molecule has 19 heavy (non-hydrogen) atoms. The van der Waals surface area contributed by atoms with Gasteiger partial charge in [-0.15, -0.1) is 5.10 Å². The third-order valence-electron chi connectivity index (χ3n) is 3.02. The topological polar surface area (TPSA) is 87.2 Å². The van der Waals surface area contributed by atoms with Crippen LogP contribution in [0.2, 0.25) is 0 Å². The highest BCUT2D eigenvalue weighted by Crippen LogP contribution is 2.21. The van der Waals surface area contributed by atoms with Crippen LogP contribution < -0.4 is 10.6 Å². The van der Waals surface area contributed by atoms with Gasteiger partial charge in [-0.25, -0.2) is 4.79 Å². The van der Waals surface area contributed by atoms with Gasteiger partial charge in [0.25, 0.3) is 5.91 Å². The Labute approximate surface area is 115 Å². The molecule has 0 bridgehead atoms. The number of urea groups is 1. The molecule has 0 aromatic carbocycles. The van der Waals surface area contributed by atoms with Crippen molar-refractivity contribution in [2.75, 3.05) is 19.4 Å². The summed E-state index contributed by atoms with van der Waals surface area (Å²) in [4.78, 5) is 25.0. The van der Waals surface area contributed by atoms with E-state index in [-0.39, 0.29) is 23.7 Å². The molecule has 1 heterocycles. The number of carbonyl (C=O) groups is 2. The lowest BCUT2D eigenvalue weighted by atomic mass is 10.2. The molecule has 1 aromatic heterocycles. The van der Waals surface area contributed by atoms with E-state index in [0.717, 1.165) is 37.2 Å². The molecule has 1 aromatic rings. The van der Waals surface area contributed by atoms with Gasteiger partial charge in [-0.05, 0) is 12.8 Å². The van der Waals surface area contributed by atoms with Gasteiger partial charge < -0.3 is 10.2 Å². The number of anilines is 1. The van der Waals surface area contributed by atoms with Crippen molar-refractivity contribution in [2.45, 2.75) is 31.7 Å². The molecule has 3 amide bonds. The van der Waals surface area contributed by atoms with E-state index in [1.807, 2.05) is 0 Å². The minimum Gasteiger partial charge on any atom is -0.348 e. The number of nitrogens with zero attached hydrogens (tertiary/aromatic N) is 3. The standard InChI is InChI=1S/C11H17N5O2S/c1-16(2)11(18)13-10-8(14-15-19-10)9(17)12-7-5-3-4-6-7/h7H,3-6H2,1-2H3,(H,12,17)(H,13,18). The Morgan fingerprint density at radius 1 is 1.32 bits per heavy atom. The van der Waals surface area contributed by atoms with Crippen molar-refractivity contribution in [1.29, 1.82) is 0 Å². The number of hydrogen-bond acceptors (Lipinski definition) is 5. The van der Waals surface area contributed by atoms with E-state index in [1.165, 1.54) is 4.90 Å². The monoisotopic (exact) mass is 283 g/mol. The zero-order valence-electron chi connectivity index (χ0n) is 11.0. The highest BCUT2D eigenvalue weighted by atomic mass is 32.1. The van der Waals surface area contributed by atoms with Crippen LogP contribution in [0.4, 0.5) is 9.80 Å². The molecule has 1 aliphatic rings. The zero-order valence-corrected chi connectivity index (χ0v) is 11.8. The van der Waals surface area contributed by atoms with E-state index in [4.69, 9.17) is 0 Å². The molecular weight excluding hydrogens is 266 g/mol. The summed E-state index contributed by atoms with van der Waals surface area (Å²) in [5.74, 6) is -0.269. The predicted molar refractivity (Wildman–Crippen MR) is 72.3 cm³/mol. The molecule has 1 aliphatic carbocycles. The summed E-state index contributed by atoms with van der Waals surface area (Å²) in [5, 5.41) is 9.72. The van der Waals surface area contributed by atoms with Crippen molar-refractivity contribution >= 4 is 28.5 Å². The van der Waals surface area contributed by atoms with Gasteiger partial charge in [-0.1, -0.05) is 17.3 Å². The van der Waals surface area contributed by atoms with Crippen LogP contribution in [0.3, 0.4) is 0 Å². The van der Waals surface area contributed by atoms with Gasteiger partial charge in [0.1, 0.15) is 0 Å². The number of carbonyl (C=O) groups excluding carboxylic acids is 2.